The van der Waals surface area contributed by atoms with Gasteiger partial charge in [0.1, 0.15) is 0 Å². The molecule has 0 unspecified atom stereocenters. The third-order valence-electron chi connectivity index (χ3n) is 7.26. The zero-order valence-corrected chi connectivity index (χ0v) is 25.1. The minimum Gasteiger partial charge on any atom is -0.334 e. The fourth-order valence-corrected chi connectivity index (χ4v) is 6.28. The van der Waals surface area contributed by atoms with E-state index in [1.807, 2.05) is 6.07 Å². The van der Waals surface area contributed by atoms with Gasteiger partial charge in [-0.15, -0.1) is 0 Å². The molecular weight excluding hydrogens is 562 g/mol. The lowest BCUT2D eigenvalue weighted by Gasteiger charge is -2.30. The van der Waals surface area contributed by atoms with E-state index in [0.29, 0.717) is 29.8 Å². The highest BCUT2D eigenvalue weighted by atomic mass is 32.2. The van der Waals surface area contributed by atoms with Crippen LogP contribution in [0.25, 0.3) is 0 Å². The van der Waals surface area contributed by atoms with Crippen molar-refractivity contribution in [3.8, 4) is 0 Å². The number of amides is 3. The second-order valence-corrected chi connectivity index (χ2v) is 13.3. The van der Waals surface area contributed by atoms with Crippen LogP contribution in [0.4, 0.5) is 11.4 Å². The summed E-state index contributed by atoms with van der Waals surface area (Å²) in [5.41, 5.74) is 2.16. The van der Waals surface area contributed by atoms with Crippen molar-refractivity contribution in [1.82, 2.24) is 4.90 Å². The molecule has 4 aromatic carbocycles. The molecule has 3 amide bonds. The van der Waals surface area contributed by atoms with Gasteiger partial charge in [-0.05, 0) is 72.1 Å². The van der Waals surface area contributed by atoms with Crippen LogP contribution in [0.1, 0.15) is 52.6 Å². The number of anilines is 2. The first-order chi connectivity index (χ1) is 20.4. The molecule has 0 atom stereocenters. The van der Waals surface area contributed by atoms with Gasteiger partial charge in [0.2, 0.25) is 5.91 Å². The predicted octanol–water partition coefficient (Wildman–Crippen LogP) is 5.91. The minimum absolute atomic E-state index is 0.0753. The lowest BCUT2D eigenvalue weighted by Crippen LogP contribution is -2.38. The van der Waals surface area contributed by atoms with E-state index in [4.69, 9.17) is 0 Å². The SMILES string of the molecule is CC(C)(C)C(=O)Nc1cccc(N(C(=O)c2ccccc2)S(=O)(=O)c2ccc3c(c2)CN(C(=O)c2ccccc2)CC3)c1. The first-order valence-corrected chi connectivity index (χ1v) is 15.4. The van der Waals surface area contributed by atoms with Crippen LogP contribution in [-0.4, -0.2) is 37.6 Å². The van der Waals surface area contributed by atoms with Crippen molar-refractivity contribution in [2.24, 2.45) is 5.41 Å². The molecule has 0 saturated carbocycles. The molecule has 0 spiro atoms. The van der Waals surface area contributed by atoms with Gasteiger partial charge in [-0.1, -0.05) is 69.3 Å². The maximum atomic E-state index is 14.3. The maximum absolute atomic E-state index is 14.3. The van der Waals surface area contributed by atoms with E-state index in [0.717, 1.165) is 9.87 Å². The molecule has 0 saturated heterocycles. The fraction of sp³-hybridized carbons (Fsp3) is 0.206. The Labute approximate surface area is 252 Å². The Morgan fingerprint density at radius 3 is 2.07 bits per heavy atom. The molecule has 220 valence electrons. The molecule has 1 heterocycles. The van der Waals surface area contributed by atoms with Gasteiger partial charge in [0.05, 0.1) is 10.6 Å². The van der Waals surface area contributed by atoms with Crippen LogP contribution in [0.2, 0.25) is 0 Å². The van der Waals surface area contributed by atoms with Gasteiger partial charge >= 0.3 is 0 Å². The third kappa shape index (κ3) is 6.36. The van der Waals surface area contributed by atoms with Crippen LogP contribution < -0.4 is 9.62 Å². The van der Waals surface area contributed by atoms with Crippen molar-refractivity contribution in [3.63, 3.8) is 0 Å². The minimum atomic E-state index is -4.43. The van der Waals surface area contributed by atoms with Crippen molar-refractivity contribution in [1.29, 1.82) is 0 Å². The molecule has 0 fully saturated rings. The highest BCUT2D eigenvalue weighted by Gasteiger charge is 2.33. The number of sulfonamides is 1. The Morgan fingerprint density at radius 1 is 0.767 bits per heavy atom. The Hall–Kier alpha value is -4.76. The monoisotopic (exact) mass is 595 g/mol. The molecule has 5 rings (SSSR count). The number of nitrogens with zero attached hydrogens (tertiary/aromatic N) is 2. The number of nitrogens with one attached hydrogen (secondary N) is 1. The van der Waals surface area contributed by atoms with Gasteiger partial charge in [0.15, 0.2) is 0 Å². The quantitative estimate of drug-likeness (QED) is 0.299. The molecule has 43 heavy (non-hydrogen) atoms. The smallest absolute Gasteiger partial charge is 0.272 e. The number of rotatable bonds is 6. The summed E-state index contributed by atoms with van der Waals surface area (Å²) in [5.74, 6) is -1.12. The summed E-state index contributed by atoms with van der Waals surface area (Å²) in [5, 5.41) is 2.81. The fourth-order valence-electron chi connectivity index (χ4n) is 4.83. The first-order valence-electron chi connectivity index (χ1n) is 14.0. The molecule has 0 aliphatic carbocycles. The number of carbonyl (C=O) groups is 3. The van der Waals surface area contributed by atoms with Gasteiger partial charge in [-0.2, -0.15) is 4.31 Å². The summed E-state index contributed by atoms with van der Waals surface area (Å²) in [6.45, 7) is 6.07. The van der Waals surface area contributed by atoms with Crippen molar-refractivity contribution in [2.45, 2.75) is 38.6 Å². The van der Waals surface area contributed by atoms with Gasteiger partial charge < -0.3 is 10.2 Å². The molecular formula is C34H33N3O5S. The van der Waals surface area contributed by atoms with Crippen LogP contribution in [0, 0.1) is 5.41 Å². The molecule has 8 nitrogen and oxygen atoms in total. The number of carbonyl (C=O) groups excluding carboxylic acids is 3. The predicted molar refractivity (Wildman–Crippen MR) is 166 cm³/mol. The molecule has 0 radical (unpaired) electrons. The Balaban J connectivity index is 1.53. The second-order valence-electron chi connectivity index (χ2n) is 11.5. The Morgan fingerprint density at radius 2 is 1.42 bits per heavy atom. The van der Waals surface area contributed by atoms with E-state index in [1.165, 1.54) is 18.2 Å². The summed E-state index contributed by atoms with van der Waals surface area (Å²) >= 11 is 0. The van der Waals surface area contributed by atoms with Crippen LogP contribution in [0.5, 0.6) is 0 Å². The van der Waals surface area contributed by atoms with E-state index in [-0.39, 0.29) is 34.5 Å². The van der Waals surface area contributed by atoms with E-state index >= 15 is 0 Å². The number of benzene rings is 4. The van der Waals surface area contributed by atoms with Gasteiger partial charge in [0, 0.05) is 35.3 Å². The van der Waals surface area contributed by atoms with Crippen LogP contribution in [0.15, 0.2) is 108 Å². The van der Waals surface area contributed by atoms with E-state index in [2.05, 4.69) is 5.32 Å². The zero-order valence-electron chi connectivity index (χ0n) is 24.3. The summed E-state index contributed by atoms with van der Waals surface area (Å²) in [4.78, 5) is 41.3. The molecule has 0 bridgehead atoms. The van der Waals surface area contributed by atoms with Crippen LogP contribution in [-0.2, 0) is 27.8 Å². The molecule has 1 N–H and O–H groups in total. The number of fused-ring (bicyclic) bond motifs is 1. The first kappa shape index (κ1) is 29.7. The van der Waals surface area contributed by atoms with Crippen LogP contribution >= 0.6 is 0 Å². The molecule has 1 aliphatic heterocycles. The Bertz CT molecular complexity index is 1780. The number of hydrogen-bond acceptors (Lipinski definition) is 5. The van der Waals surface area contributed by atoms with Crippen molar-refractivity contribution in [2.75, 3.05) is 16.2 Å². The summed E-state index contributed by atoms with van der Waals surface area (Å²) in [6.07, 6.45) is 0.580. The second kappa shape index (κ2) is 11.9. The highest BCUT2D eigenvalue weighted by molar-refractivity contribution is 7.93. The zero-order chi connectivity index (χ0) is 30.8. The summed E-state index contributed by atoms with van der Waals surface area (Å²) in [6, 6.07) is 28.1. The van der Waals surface area contributed by atoms with Crippen molar-refractivity contribution < 1.29 is 22.8 Å². The Kier molecular flexibility index (Phi) is 8.19. The molecule has 4 aromatic rings. The largest absolute Gasteiger partial charge is 0.334 e. The van der Waals surface area contributed by atoms with Crippen LogP contribution in [0.3, 0.4) is 0 Å². The van der Waals surface area contributed by atoms with Gasteiger partial charge in [0.25, 0.3) is 21.8 Å². The van der Waals surface area contributed by atoms with E-state index in [9.17, 15) is 22.8 Å². The van der Waals surface area contributed by atoms with E-state index in [1.54, 1.807) is 105 Å². The lowest BCUT2D eigenvalue weighted by atomic mass is 9.95. The molecule has 0 aromatic heterocycles. The average Bonchev–Trinajstić information content (AvgIpc) is 3.00. The maximum Gasteiger partial charge on any atom is 0.272 e. The van der Waals surface area contributed by atoms with Gasteiger partial charge in [-0.25, -0.2) is 8.42 Å². The summed E-state index contributed by atoms with van der Waals surface area (Å²) in [7, 11) is -4.43. The highest BCUT2D eigenvalue weighted by Crippen LogP contribution is 2.31. The normalized spacial score (nSPS) is 13.1. The van der Waals surface area contributed by atoms with E-state index < -0.39 is 21.3 Å². The molecule has 1 aliphatic rings. The standard InChI is InChI=1S/C34H33N3O5S/c1-34(2,3)33(40)35-28-15-10-16-29(22-28)37(32(39)26-13-8-5-9-14-26)43(41,42)30-18-17-24-19-20-36(23-27(24)21-30)31(38)25-11-6-4-7-12-25/h4-18,21-22H,19-20,23H2,1-3H3,(H,35,40). The van der Waals surface area contributed by atoms with Crippen molar-refractivity contribution >= 4 is 39.1 Å². The van der Waals surface area contributed by atoms with Crippen molar-refractivity contribution in [3.05, 3.63) is 125 Å². The topological polar surface area (TPSA) is 104 Å². The summed E-state index contributed by atoms with van der Waals surface area (Å²) < 4.78 is 29.4. The average molecular weight is 596 g/mol. The number of hydrogen-bond donors (Lipinski definition) is 1. The lowest BCUT2D eigenvalue weighted by molar-refractivity contribution is -0.123. The third-order valence-corrected chi connectivity index (χ3v) is 8.97. The molecule has 9 heteroatoms. The van der Waals surface area contributed by atoms with Gasteiger partial charge in [-0.3, -0.25) is 14.4 Å².